The van der Waals surface area contributed by atoms with Crippen LogP contribution in [0.25, 0.3) is 0 Å². The number of aromatic nitrogens is 1. The summed E-state index contributed by atoms with van der Waals surface area (Å²) < 4.78 is 11.3. The number of carbonyl (C=O) groups is 1. The molecule has 23 heavy (non-hydrogen) atoms. The summed E-state index contributed by atoms with van der Waals surface area (Å²) in [5, 5.41) is 3.89. The van der Waals surface area contributed by atoms with E-state index in [-0.39, 0.29) is 11.5 Å². The third-order valence-corrected chi connectivity index (χ3v) is 5.41. The molecule has 2 aliphatic heterocycles. The lowest BCUT2D eigenvalue weighted by Crippen LogP contribution is -2.53. The van der Waals surface area contributed by atoms with E-state index in [1.54, 1.807) is 6.92 Å². The largest absolute Gasteiger partial charge is 0.375 e. The van der Waals surface area contributed by atoms with Crippen molar-refractivity contribution < 1.29 is 14.1 Å². The predicted octanol–water partition coefficient (Wildman–Crippen LogP) is 2.01. The molecule has 0 unspecified atom stereocenters. The topological polar surface area (TPSA) is 58.8 Å². The Bertz CT molecular complexity index is 554. The molecule has 3 heterocycles. The van der Waals surface area contributed by atoms with Crippen LogP contribution in [0.3, 0.4) is 0 Å². The lowest BCUT2D eigenvalue weighted by Gasteiger charge is -2.47. The summed E-state index contributed by atoms with van der Waals surface area (Å²) in [5.74, 6) is 0.644. The fraction of sp³-hybridized carbons (Fsp3) is 0.765. The first-order valence-corrected chi connectivity index (χ1v) is 8.44. The molecule has 1 aromatic rings. The Kier molecular flexibility index (Phi) is 4.47. The highest BCUT2D eigenvalue weighted by Crippen LogP contribution is 2.36. The molecule has 2 saturated heterocycles. The van der Waals surface area contributed by atoms with Gasteiger partial charge in [-0.05, 0) is 53.6 Å². The maximum atomic E-state index is 12.7. The van der Waals surface area contributed by atoms with E-state index in [0.717, 1.165) is 45.4 Å². The number of piperidine rings is 1. The average Bonchev–Trinajstić information content (AvgIpc) is 2.86. The molecule has 1 spiro atoms. The van der Waals surface area contributed by atoms with Crippen LogP contribution in [0.1, 0.15) is 47.5 Å². The van der Waals surface area contributed by atoms with Gasteiger partial charge in [0.05, 0.1) is 11.3 Å². The zero-order chi connectivity index (χ0) is 16.6. The number of amides is 1. The summed E-state index contributed by atoms with van der Waals surface area (Å²) >= 11 is 0. The molecule has 1 aromatic heterocycles. The van der Waals surface area contributed by atoms with E-state index >= 15 is 0 Å². The maximum absolute atomic E-state index is 12.7. The van der Waals surface area contributed by atoms with E-state index in [9.17, 15) is 4.79 Å². The molecule has 0 bridgehead atoms. The first-order chi connectivity index (χ1) is 10.9. The molecule has 1 amide bonds. The Labute approximate surface area is 137 Å². The first-order valence-electron chi connectivity index (χ1n) is 8.44. The zero-order valence-corrected chi connectivity index (χ0v) is 14.6. The van der Waals surface area contributed by atoms with Crippen LogP contribution in [-0.2, 0) is 4.74 Å². The van der Waals surface area contributed by atoms with Crippen LogP contribution < -0.4 is 0 Å². The highest BCUT2D eigenvalue weighted by molar-refractivity contribution is 5.96. The lowest BCUT2D eigenvalue weighted by molar-refractivity contribution is -0.125. The minimum absolute atomic E-state index is 0.0380. The summed E-state index contributed by atoms with van der Waals surface area (Å²) in [5.41, 5.74) is 1.24. The van der Waals surface area contributed by atoms with Gasteiger partial charge in [-0.15, -0.1) is 0 Å². The lowest BCUT2D eigenvalue weighted by atomic mass is 9.82. The second kappa shape index (κ2) is 6.24. The average molecular weight is 321 g/mol. The van der Waals surface area contributed by atoms with Crippen molar-refractivity contribution in [2.75, 3.05) is 33.8 Å². The molecule has 0 N–H and O–H groups in total. The van der Waals surface area contributed by atoms with Crippen LogP contribution in [0.5, 0.6) is 0 Å². The number of carbonyl (C=O) groups excluding carboxylic acids is 1. The Hall–Kier alpha value is -1.40. The van der Waals surface area contributed by atoms with Gasteiger partial charge in [0.2, 0.25) is 0 Å². The molecule has 0 aromatic carbocycles. The normalized spacial score (nSPS) is 24.4. The summed E-state index contributed by atoms with van der Waals surface area (Å²) in [6.45, 7) is 5.92. The summed E-state index contributed by atoms with van der Waals surface area (Å²) in [7, 11) is 4.28. The minimum atomic E-state index is -0.0529. The first kappa shape index (κ1) is 16.5. The van der Waals surface area contributed by atoms with Crippen LogP contribution in [0.2, 0.25) is 0 Å². The van der Waals surface area contributed by atoms with Crippen molar-refractivity contribution >= 4 is 5.91 Å². The van der Waals surface area contributed by atoms with Gasteiger partial charge < -0.3 is 19.1 Å². The Balaban J connectivity index is 1.65. The molecule has 3 rings (SSSR count). The number of nitrogens with zero attached hydrogens (tertiary/aromatic N) is 3. The molecule has 6 heteroatoms. The smallest absolute Gasteiger partial charge is 0.259 e. The Morgan fingerprint density at radius 3 is 2.57 bits per heavy atom. The third kappa shape index (κ3) is 3.15. The van der Waals surface area contributed by atoms with Crippen molar-refractivity contribution in [1.82, 2.24) is 15.0 Å². The number of ether oxygens (including phenoxy) is 1. The van der Waals surface area contributed by atoms with Gasteiger partial charge in [-0.25, -0.2) is 0 Å². The highest BCUT2D eigenvalue weighted by atomic mass is 16.5. The van der Waals surface area contributed by atoms with Crippen molar-refractivity contribution in [2.24, 2.45) is 0 Å². The number of likely N-dealkylation sites (tertiary alicyclic amines) is 1. The third-order valence-electron chi connectivity index (χ3n) is 5.41. The van der Waals surface area contributed by atoms with Crippen LogP contribution in [-0.4, -0.2) is 66.3 Å². The van der Waals surface area contributed by atoms with E-state index in [4.69, 9.17) is 9.26 Å². The van der Waals surface area contributed by atoms with Crippen LogP contribution in [0.4, 0.5) is 0 Å². The Morgan fingerprint density at radius 2 is 2.00 bits per heavy atom. The minimum Gasteiger partial charge on any atom is -0.375 e. The summed E-state index contributed by atoms with van der Waals surface area (Å²) in [6.07, 6.45) is 3.97. The van der Waals surface area contributed by atoms with Gasteiger partial charge in [-0.2, -0.15) is 0 Å². The SMILES string of the molecule is Cc1noc(C)c1C(=O)N1CCC2(CC1)C[C@@H](N(C)C)CCO2. The molecule has 0 aliphatic carbocycles. The standard InChI is InChI=1S/C17H27N3O3/c1-12-15(13(2)23-18-12)16(21)20-8-6-17(7-9-20)11-14(19(3)4)5-10-22-17/h14H,5-11H2,1-4H3/t14-/m0/s1. The number of hydrogen-bond donors (Lipinski definition) is 0. The second-order valence-corrected chi connectivity index (χ2v) is 7.13. The van der Waals surface area contributed by atoms with Crippen LogP contribution >= 0.6 is 0 Å². The van der Waals surface area contributed by atoms with Crippen molar-refractivity contribution in [3.8, 4) is 0 Å². The number of hydrogen-bond acceptors (Lipinski definition) is 5. The van der Waals surface area contributed by atoms with E-state index in [2.05, 4.69) is 24.2 Å². The van der Waals surface area contributed by atoms with Crippen molar-refractivity contribution in [3.05, 3.63) is 17.0 Å². The molecule has 0 radical (unpaired) electrons. The molecular weight excluding hydrogens is 294 g/mol. The quantitative estimate of drug-likeness (QED) is 0.834. The molecule has 2 fully saturated rings. The molecular formula is C17H27N3O3. The van der Waals surface area contributed by atoms with E-state index < -0.39 is 0 Å². The van der Waals surface area contributed by atoms with Gasteiger partial charge in [0.25, 0.3) is 5.91 Å². The van der Waals surface area contributed by atoms with Gasteiger partial charge in [0.15, 0.2) is 0 Å². The van der Waals surface area contributed by atoms with E-state index in [1.807, 2.05) is 11.8 Å². The maximum Gasteiger partial charge on any atom is 0.259 e. The van der Waals surface area contributed by atoms with E-state index in [1.165, 1.54) is 0 Å². The van der Waals surface area contributed by atoms with Gasteiger partial charge in [0, 0.05) is 25.7 Å². The van der Waals surface area contributed by atoms with Crippen molar-refractivity contribution in [3.63, 3.8) is 0 Å². The zero-order valence-electron chi connectivity index (χ0n) is 14.6. The fourth-order valence-electron chi connectivity index (χ4n) is 3.85. The highest BCUT2D eigenvalue weighted by Gasteiger charge is 2.42. The molecule has 128 valence electrons. The molecule has 2 aliphatic rings. The molecule has 6 nitrogen and oxygen atoms in total. The number of rotatable bonds is 2. The van der Waals surface area contributed by atoms with E-state index in [0.29, 0.717) is 23.1 Å². The van der Waals surface area contributed by atoms with Gasteiger partial charge in [-0.1, -0.05) is 5.16 Å². The predicted molar refractivity (Wildman–Crippen MR) is 86.5 cm³/mol. The molecule has 0 saturated carbocycles. The fourth-order valence-corrected chi connectivity index (χ4v) is 3.85. The van der Waals surface area contributed by atoms with Gasteiger partial charge >= 0.3 is 0 Å². The van der Waals surface area contributed by atoms with Gasteiger partial charge in [0.1, 0.15) is 11.3 Å². The number of aryl methyl sites for hydroxylation is 2. The summed E-state index contributed by atoms with van der Waals surface area (Å²) in [6, 6.07) is 0.577. The summed E-state index contributed by atoms with van der Waals surface area (Å²) in [4.78, 5) is 16.9. The molecule has 1 atom stereocenters. The van der Waals surface area contributed by atoms with Gasteiger partial charge in [-0.3, -0.25) is 4.79 Å². The van der Waals surface area contributed by atoms with Crippen molar-refractivity contribution in [2.45, 2.75) is 51.2 Å². The second-order valence-electron chi connectivity index (χ2n) is 7.13. The van der Waals surface area contributed by atoms with Crippen LogP contribution in [0, 0.1) is 13.8 Å². The van der Waals surface area contributed by atoms with Crippen LogP contribution in [0.15, 0.2) is 4.52 Å². The monoisotopic (exact) mass is 321 g/mol. The Morgan fingerprint density at radius 1 is 1.30 bits per heavy atom. The van der Waals surface area contributed by atoms with Crippen molar-refractivity contribution in [1.29, 1.82) is 0 Å².